The zero-order valence-electron chi connectivity index (χ0n) is 17.8. The molecule has 0 saturated carbocycles. The van der Waals surface area contributed by atoms with Crippen molar-refractivity contribution in [2.45, 2.75) is 11.3 Å². The Bertz CT molecular complexity index is 1190. The Balaban J connectivity index is 1.44. The second kappa shape index (κ2) is 9.66. The summed E-state index contributed by atoms with van der Waals surface area (Å²) in [7, 11) is -0.596. The van der Waals surface area contributed by atoms with Crippen LogP contribution >= 0.6 is 22.9 Å². The van der Waals surface area contributed by atoms with Gasteiger partial charge >= 0.3 is 0 Å². The van der Waals surface area contributed by atoms with Crippen LogP contribution in [0, 0.1) is 0 Å². The van der Waals surface area contributed by atoms with E-state index in [4.69, 9.17) is 26.1 Å². The summed E-state index contributed by atoms with van der Waals surface area (Å²) in [5.74, 6) is 1.13. The number of ether oxygens (including phenoxy) is 2. The van der Waals surface area contributed by atoms with Crippen LogP contribution in [-0.2, 0) is 16.4 Å². The van der Waals surface area contributed by atoms with Crippen LogP contribution in [0.5, 0.6) is 11.5 Å². The second-order valence-electron chi connectivity index (χ2n) is 7.30. The zero-order chi connectivity index (χ0) is 22.7. The van der Waals surface area contributed by atoms with Crippen LogP contribution in [0.1, 0.15) is 11.3 Å². The van der Waals surface area contributed by atoms with E-state index in [1.165, 1.54) is 17.5 Å². The number of methoxy groups -OCH3 is 2. The normalized spacial score (nSPS) is 15.0. The molecular weight excluding hydrogens is 470 g/mol. The smallest absolute Gasteiger partial charge is 0.246 e. The van der Waals surface area contributed by atoms with Gasteiger partial charge in [-0.25, -0.2) is 13.4 Å². The van der Waals surface area contributed by atoms with Crippen molar-refractivity contribution in [1.29, 1.82) is 0 Å². The standard InChI is InChI=1S/C22H24ClN3O4S2/c1-29-19-6-4-3-5-16(19)13-18-15-31-22(24-18)25-9-11-26(12-10-25)32(27,28)21-14-17(23)7-8-20(21)30-2/h3-8,14-15H,9-13H2,1-2H3. The van der Waals surface area contributed by atoms with Gasteiger partial charge in [-0.3, -0.25) is 0 Å². The van der Waals surface area contributed by atoms with Crippen LogP contribution in [0.3, 0.4) is 0 Å². The maximum Gasteiger partial charge on any atom is 0.246 e. The molecule has 4 rings (SSSR count). The molecule has 0 atom stereocenters. The van der Waals surface area contributed by atoms with Crippen LogP contribution in [0.15, 0.2) is 52.7 Å². The van der Waals surface area contributed by atoms with E-state index in [0.29, 0.717) is 37.6 Å². The summed E-state index contributed by atoms with van der Waals surface area (Å²) >= 11 is 7.61. The number of hydrogen-bond acceptors (Lipinski definition) is 7. The molecule has 0 N–H and O–H groups in total. The van der Waals surface area contributed by atoms with E-state index in [9.17, 15) is 8.42 Å². The summed E-state index contributed by atoms with van der Waals surface area (Å²) in [5.41, 5.74) is 2.05. The molecule has 3 aromatic rings. The lowest BCUT2D eigenvalue weighted by molar-refractivity contribution is 0.374. The predicted molar refractivity (Wildman–Crippen MR) is 127 cm³/mol. The van der Waals surface area contributed by atoms with Gasteiger partial charge in [-0.1, -0.05) is 29.8 Å². The topological polar surface area (TPSA) is 72.0 Å². The minimum atomic E-state index is -3.71. The zero-order valence-corrected chi connectivity index (χ0v) is 20.2. The maximum absolute atomic E-state index is 13.2. The molecule has 0 aliphatic carbocycles. The molecule has 1 aliphatic heterocycles. The first kappa shape index (κ1) is 22.8. The summed E-state index contributed by atoms with van der Waals surface area (Å²) in [6.07, 6.45) is 0.684. The Hall–Kier alpha value is -2.33. The molecule has 0 unspecified atom stereocenters. The fourth-order valence-corrected chi connectivity index (χ4v) is 6.40. The average Bonchev–Trinajstić information content (AvgIpc) is 3.28. The number of halogens is 1. The molecule has 2 heterocycles. The number of hydrogen-bond donors (Lipinski definition) is 0. The lowest BCUT2D eigenvalue weighted by atomic mass is 10.1. The van der Waals surface area contributed by atoms with E-state index in [-0.39, 0.29) is 10.6 Å². The molecule has 0 radical (unpaired) electrons. The van der Waals surface area contributed by atoms with E-state index < -0.39 is 10.0 Å². The lowest BCUT2D eigenvalue weighted by Crippen LogP contribution is -2.48. The first-order valence-corrected chi connectivity index (χ1v) is 12.8. The number of piperazine rings is 1. The molecule has 1 fully saturated rings. The van der Waals surface area contributed by atoms with E-state index in [2.05, 4.69) is 4.90 Å². The Morgan fingerprint density at radius 3 is 2.47 bits per heavy atom. The van der Waals surface area contributed by atoms with Gasteiger partial charge in [0.2, 0.25) is 10.0 Å². The van der Waals surface area contributed by atoms with Crippen molar-refractivity contribution >= 4 is 38.1 Å². The minimum Gasteiger partial charge on any atom is -0.496 e. The van der Waals surface area contributed by atoms with Gasteiger partial charge in [0.15, 0.2) is 5.13 Å². The number of benzene rings is 2. The highest BCUT2D eigenvalue weighted by atomic mass is 35.5. The highest BCUT2D eigenvalue weighted by Gasteiger charge is 2.31. The van der Waals surface area contributed by atoms with Gasteiger partial charge in [-0.2, -0.15) is 4.31 Å². The Morgan fingerprint density at radius 1 is 1.03 bits per heavy atom. The molecule has 7 nitrogen and oxygen atoms in total. The van der Waals surface area contributed by atoms with Crippen molar-refractivity contribution in [2.75, 3.05) is 45.3 Å². The lowest BCUT2D eigenvalue weighted by Gasteiger charge is -2.34. The van der Waals surface area contributed by atoms with Crippen molar-refractivity contribution in [3.63, 3.8) is 0 Å². The van der Waals surface area contributed by atoms with Gasteiger partial charge < -0.3 is 14.4 Å². The predicted octanol–water partition coefficient (Wildman–Crippen LogP) is 3.92. The van der Waals surface area contributed by atoms with Crippen LogP contribution in [0.4, 0.5) is 5.13 Å². The number of nitrogens with zero attached hydrogens (tertiary/aromatic N) is 3. The van der Waals surface area contributed by atoms with Gasteiger partial charge in [-0.05, 0) is 24.3 Å². The van der Waals surface area contributed by atoms with Crippen molar-refractivity contribution in [3.8, 4) is 11.5 Å². The number of rotatable bonds is 7. The first-order chi connectivity index (χ1) is 15.4. The van der Waals surface area contributed by atoms with Gasteiger partial charge in [0.25, 0.3) is 0 Å². The number of anilines is 1. The number of para-hydroxylation sites is 1. The van der Waals surface area contributed by atoms with Crippen molar-refractivity contribution in [1.82, 2.24) is 9.29 Å². The Labute approximate surface area is 197 Å². The summed E-state index contributed by atoms with van der Waals surface area (Å²) in [5, 5.41) is 3.29. The third-order valence-electron chi connectivity index (χ3n) is 5.36. The molecule has 0 spiro atoms. The van der Waals surface area contributed by atoms with Crippen LogP contribution in [-0.4, -0.2) is 58.1 Å². The van der Waals surface area contributed by atoms with Gasteiger partial charge in [0.1, 0.15) is 16.4 Å². The highest BCUT2D eigenvalue weighted by molar-refractivity contribution is 7.89. The first-order valence-electron chi connectivity index (χ1n) is 10.1. The fraction of sp³-hybridized carbons (Fsp3) is 0.318. The molecule has 0 bridgehead atoms. The molecule has 2 aromatic carbocycles. The number of sulfonamides is 1. The molecule has 170 valence electrons. The fourth-order valence-electron chi connectivity index (χ4n) is 3.68. The van der Waals surface area contributed by atoms with Crippen LogP contribution in [0.25, 0.3) is 0 Å². The molecule has 32 heavy (non-hydrogen) atoms. The van der Waals surface area contributed by atoms with Crippen molar-refractivity contribution < 1.29 is 17.9 Å². The van der Waals surface area contributed by atoms with Gasteiger partial charge in [-0.15, -0.1) is 11.3 Å². The molecule has 10 heteroatoms. The number of aromatic nitrogens is 1. The molecule has 1 saturated heterocycles. The third-order valence-corrected chi connectivity index (χ3v) is 8.46. The maximum atomic E-state index is 13.2. The van der Waals surface area contributed by atoms with E-state index in [1.54, 1.807) is 30.6 Å². The summed E-state index contributed by atoms with van der Waals surface area (Å²) < 4.78 is 38.5. The molecule has 0 amide bonds. The quantitative estimate of drug-likeness (QED) is 0.497. The summed E-state index contributed by atoms with van der Waals surface area (Å²) in [6.45, 7) is 1.84. The van der Waals surface area contributed by atoms with E-state index >= 15 is 0 Å². The van der Waals surface area contributed by atoms with Gasteiger partial charge in [0, 0.05) is 48.6 Å². The molecular formula is C22H24ClN3O4S2. The van der Waals surface area contributed by atoms with E-state index in [0.717, 1.165) is 22.1 Å². The Morgan fingerprint density at radius 2 is 1.75 bits per heavy atom. The number of thiazole rings is 1. The monoisotopic (exact) mass is 493 g/mol. The van der Waals surface area contributed by atoms with E-state index in [1.807, 2.05) is 29.6 Å². The van der Waals surface area contributed by atoms with Crippen molar-refractivity contribution in [2.24, 2.45) is 0 Å². The van der Waals surface area contributed by atoms with Crippen molar-refractivity contribution in [3.05, 3.63) is 64.1 Å². The average molecular weight is 494 g/mol. The molecule has 1 aliphatic rings. The van der Waals surface area contributed by atoms with Crippen LogP contribution in [0.2, 0.25) is 5.02 Å². The Kier molecular flexibility index (Phi) is 6.90. The second-order valence-corrected chi connectivity index (χ2v) is 10.5. The van der Waals surface area contributed by atoms with Crippen LogP contribution < -0.4 is 14.4 Å². The van der Waals surface area contributed by atoms with Gasteiger partial charge in [0.05, 0.1) is 19.9 Å². The minimum absolute atomic E-state index is 0.0919. The highest BCUT2D eigenvalue weighted by Crippen LogP contribution is 2.31. The summed E-state index contributed by atoms with van der Waals surface area (Å²) in [6, 6.07) is 12.5. The SMILES string of the molecule is COc1ccccc1Cc1csc(N2CCN(S(=O)(=O)c3cc(Cl)ccc3OC)CC2)n1. The third kappa shape index (κ3) is 4.71. The summed E-state index contributed by atoms with van der Waals surface area (Å²) in [4.78, 5) is 6.99. The largest absolute Gasteiger partial charge is 0.496 e. The molecule has 1 aromatic heterocycles.